The van der Waals surface area contributed by atoms with Gasteiger partial charge in [0, 0.05) is 25.0 Å². The molecule has 14 heavy (non-hydrogen) atoms. The molecule has 0 unspecified atom stereocenters. The predicted octanol–water partition coefficient (Wildman–Crippen LogP) is 2.12. The zero-order chi connectivity index (χ0) is 9.80. The summed E-state index contributed by atoms with van der Waals surface area (Å²) >= 11 is 5.00. The zero-order valence-corrected chi connectivity index (χ0v) is 8.29. The van der Waals surface area contributed by atoms with Crippen LogP contribution in [0.5, 0.6) is 0 Å². The van der Waals surface area contributed by atoms with Crippen molar-refractivity contribution in [1.82, 2.24) is 15.0 Å². The smallest absolute Gasteiger partial charge is 0.111 e. The van der Waals surface area contributed by atoms with Crippen LogP contribution in [0.2, 0.25) is 0 Å². The van der Waals surface area contributed by atoms with Crippen molar-refractivity contribution >= 4 is 12.2 Å². The van der Waals surface area contributed by atoms with Crippen LogP contribution in [0, 0.1) is 4.64 Å². The van der Waals surface area contributed by atoms with Crippen molar-refractivity contribution in [2.24, 2.45) is 0 Å². The van der Waals surface area contributed by atoms with Gasteiger partial charge in [0.2, 0.25) is 0 Å². The molecule has 0 saturated carbocycles. The van der Waals surface area contributed by atoms with Crippen LogP contribution < -0.4 is 0 Å². The third-order valence-corrected chi connectivity index (χ3v) is 2.06. The summed E-state index contributed by atoms with van der Waals surface area (Å²) in [5, 5.41) is 0. The third kappa shape index (κ3) is 2.23. The Morgan fingerprint density at radius 3 is 2.93 bits per heavy atom. The van der Waals surface area contributed by atoms with Gasteiger partial charge in [0.15, 0.2) is 0 Å². The number of hydrogen-bond acceptors (Lipinski definition) is 3. The average molecular weight is 203 g/mol. The number of aromatic amines is 1. The maximum atomic E-state index is 5.00. The molecular formula is C10H9N3S. The minimum absolute atomic E-state index is 0.707. The lowest BCUT2D eigenvalue weighted by Gasteiger charge is -1.99. The van der Waals surface area contributed by atoms with E-state index in [9.17, 15) is 0 Å². The second-order valence-electron chi connectivity index (χ2n) is 2.92. The minimum atomic E-state index is 0.707. The van der Waals surface area contributed by atoms with Gasteiger partial charge < -0.3 is 4.98 Å². The molecule has 0 amide bonds. The summed E-state index contributed by atoms with van der Waals surface area (Å²) in [6.07, 6.45) is 6.03. The number of nitrogens with one attached hydrogen (secondary N) is 1. The number of rotatable bonds is 2. The van der Waals surface area contributed by atoms with Crippen LogP contribution in [0.1, 0.15) is 11.4 Å². The molecule has 0 bridgehead atoms. The van der Waals surface area contributed by atoms with Gasteiger partial charge in [-0.25, -0.2) is 4.98 Å². The fourth-order valence-corrected chi connectivity index (χ4v) is 1.38. The highest BCUT2D eigenvalue weighted by atomic mass is 32.1. The van der Waals surface area contributed by atoms with E-state index >= 15 is 0 Å². The molecule has 2 aromatic heterocycles. The number of hydrogen-bond donors (Lipinski definition) is 1. The van der Waals surface area contributed by atoms with Crippen LogP contribution in [-0.4, -0.2) is 15.0 Å². The van der Waals surface area contributed by atoms with Crippen LogP contribution >= 0.6 is 12.2 Å². The summed E-state index contributed by atoms with van der Waals surface area (Å²) < 4.78 is 0.707. The highest BCUT2D eigenvalue weighted by Crippen LogP contribution is 2.02. The van der Waals surface area contributed by atoms with Gasteiger partial charge in [-0.2, -0.15) is 0 Å². The van der Waals surface area contributed by atoms with Crippen molar-refractivity contribution in [2.45, 2.75) is 6.42 Å². The van der Waals surface area contributed by atoms with Gasteiger partial charge in [0.05, 0.1) is 0 Å². The first-order chi connectivity index (χ1) is 6.84. The van der Waals surface area contributed by atoms with E-state index < -0.39 is 0 Å². The molecule has 0 atom stereocenters. The number of pyridine rings is 1. The fourth-order valence-electron chi connectivity index (χ4n) is 1.20. The summed E-state index contributed by atoms with van der Waals surface area (Å²) in [7, 11) is 0. The number of H-pyrrole nitrogens is 1. The van der Waals surface area contributed by atoms with Crippen molar-refractivity contribution in [1.29, 1.82) is 0 Å². The predicted molar refractivity (Wildman–Crippen MR) is 56.5 cm³/mol. The molecule has 70 valence electrons. The third-order valence-electron chi connectivity index (χ3n) is 1.82. The normalized spacial score (nSPS) is 10.0. The molecule has 0 fully saturated rings. The van der Waals surface area contributed by atoms with Crippen LogP contribution in [0.25, 0.3) is 0 Å². The summed E-state index contributed by atoms with van der Waals surface area (Å²) in [4.78, 5) is 11.3. The summed E-state index contributed by atoms with van der Waals surface area (Å²) in [5.41, 5.74) is 1.12. The number of nitrogens with zero attached hydrogens (tertiary/aromatic N) is 2. The van der Waals surface area contributed by atoms with Crippen molar-refractivity contribution in [2.75, 3.05) is 0 Å². The SMILES string of the molecule is S=c1ccnc(Cc2cccnc2)[nH]1. The maximum Gasteiger partial charge on any atom is 0.111 e. The van der Waals surface area contributed by atoms with E-state index in [1.165, 1.54) is 0 Å². The Morgan fingerprint density at radius 1 is 1.29 bits per heavy atom. The van der Waals surface area contributed by atoms with Gasteiger partial charge >= 0.3 is 0 Å². The Hall–Kier alpha value is -1.55. The lowest BCUT2D eigenvalue weighted by Crippen LogP contribution is -1.95. The Balaban J connectivity index is 2.24. The van der Waals surface area contributed by atoms with Crippen LogP contribution in [0.3, 0.4) is 0 Å². The molecule has 1 N–H and O–H groups in total. The van der Waals surface area contributed by atoms with E-state index in [1.807, 2.05) is 18.3 Å². The zero-order valence-electron chi connectivity index (χ0n) is 7.47. The molecule has 4 heteroatoms. The summed E-state index contributed by atoms with van der Waals surface area (Å²) in [5.74, 6) is 0.866. The van der Waals surface area contributed by atoms with Gasteiger partial charge in [-0.1, -0.05) is 18.3 Å². The second kappa shape index (κ2) is 4.11. The first kappa shape index (κ1) is 9.02. The quantitative estimate of drug-likeness (QED) is 0.760. The van der Waals surface area contributed by atoms with E-state index in [0.29, 0.717) is 4.64 Å². The van der Waals surface area contributed by atoms with E-state index in [2.05, 4.69) is 15.0 Å². The Morgan fingerprint density at radius 2 is 2.21 bits per heavy atom. The molecule has 0 aromatic carbocycles. The lowest BCUT2D eigenvalue weighted by atomic mass is 10.2. The standard InChI is InChI=1S/C10H9N3S/c14-10-3-5-12-9(13-10)6-8-2-1-4-11-7-8/h1-5,7H,6H2,(H,12,13,14). The van der Waals surface area contributed by atoms with E-state index in [-0.39, 0.29) is 0 Å². The first-order valence-corrected chi connectivity index (χ1v) is 4.68. The van der Waals surface area contributed by atoms with Crippen molar-refractivity contribution in [3.8, 4) is 0 Å². The molecule has 0 aliphatic heterocycles. The minimum Gasteiger partial charge on any atom is -0.335 e. The highest BCUT2D eigenvalue weighted by Gasteiger charge is 1.96. The molecule has 0 saturated heterocycles. The average Bonchev–Trinajstić information content (AvgIpc) is 2.19. The van der Waals surface area contributed by atoms with E-state index in [4.69, 9.17) is 12.2 Å². The van der Waals surface area contributed by atoms with Gasteiger partial charge in [-0.05, 0) is 17.7 Å². The van der Waals surface area contributed by atoms with E-state index in [0.717, 1.165) is 17.8 Å². The highest BCUT2D eigenvalue weighted by molar-refractivity contribution is 7.71. The fraction of sp³-hybridized carbons (Fsp3) is 0.100. The number of aromatic nitrogens is 3. The van der Waals surface area contributed by atoms with Crippen LogP contribution in [-0.2, 0) is 6.42 Å². The van der Waals surface area contributed by atoms with Crippen molar-refractivity contribution < 1.29 is 0 Å². The molecule has 0 aliphatic carbocycles. The van der Waals surface area contributed by atoms with Crippen LogP contribution in [0.4, 0.5) is 0 Å². The van der Waals surface area contributed by atoms with Crippen molar-refractivity contribution in [3.63, 3.8) is 0 Å². The molecule has 2 rings (SSSR count). The summed E-state index contributed by atoms with van der Waals surface area (Å²) in [6, 6.07) is 5.69. The molecular weight excluding hydrogens is 194 g/mol. The maximum absolute atomic E-state index is 5.00. The monoisotopic (exact) mass is 203 g/mol. The molecule has 0 spiro atoms. The van der Waals surface area contributed by atoms with Crippen molar-refractivity contribution in [3.05, 3.63) is 52.8 Å². The van der Waals surface area contributed by atoms with E-state index in [1.54, 1.807) is 18.5 Å². The Labute approximate surface area is 86.9 Å². The van der Waals surface area contributed by atoms with Gasteiger partial charge in [-0.3, -0.25) is 4.98 Å². The second-order valence-corrected chi connectivity index (χ2v) is 3.36. The van der Waals surface area contributed by atoms with Gasteiger partial charge in [0.1, 0.15) is 10.5 Å². The summed E-state index contributed by atoms with van der Waals surface area (Å²) in [6.45, 7) is 0. The van der Waals surface area contributed by atoms with Gasteiger partial charge in [0.25, 0.3) is 0 Å². The van der Waals surface area contributed by atoms with Gasteiger partial charge in [-0.15, -0.1) is 0 Å². The molecule has 0 radical (unpaired) electrons. The Bertz CT molecular complexity index is 464. The first-order valence-electron chi connectivity index (χ1n) is 4.28. The Kier molecular flexibility index (Phi) is 2.65. The van der Waals surface area contributed by atoms with Crippen LogP contribution in [0.15, 0.2) is 36.8 Å². The topological polar surface area (TPSA) is 41.6 Å². The molecule has 0 aliphatic rings. The molecule has 2 aromatic rings. The molecule has 3 nitrogen and oxygen atoms in total. The lowest BCUT2D eigenvalue weighted by molar-refractivity contribution is 0.954. The molecule has 2 heterocycles. The largest absolute Gasteiger partial charge is 0.335 e.